The molecule has 0 bridgehead atoms. The van der Waals surface area contributed by atoms with Crippen LogP contribution in [-0.4, -0.2) is 25.3 Å². The molecule has 3 N–H and O–H groups in total. The molecule has 0 saturated heterocycles. The molecule has 0 radical (unpaired) electrons. The number of nitrogens with zero attached hydrogens (tertiary/aromatic N) is 1. The third kappa shape index (κ3) is 4.80. The van der Waals surface area contributed by atoms with E-state index in [1.54, 1.807) is 6.92 Å². The Bertz CT molecular complexity index is 657. The first kappa shape index (κ1) is 17.1. The summed E-state index contributed by atoms with van der Waals surface area (Å²) in [5, 5.41) is 18.4. The maximum Gasteiger partial charge on any atom is 0.271 e. The maximum absolute atomic E-state index is 12.0. The van der Waals surface area contributed by atoms with Gasteiger partial charge in [-0.3, -0.25) is 14.9 Å². The fourth-order valence-corrected chi connectivity index (χ4v) is 2.37. The molecule has 0 heterocycles. The van der Waals surface area contributed by atoms with Crippen LogP contribution in [0.5, 0.6) is 0 Å². The maximum atomic E-state index is 12.0. The van der Waals surface area contributed by atoms with E-state index in [-0.39, 0.29) is 11.6 Å². The Balaban J connectivity index is 3.20. The lowest BCUT2D eigenvalue weighted by Crippen LogP contribution is -2.32. The average Bonchev–Trinajstić information content (AvgIpc) is 2.37. The van der Waals surface area contributed by atoms with Crippen LogP contribution in [0.3, 0.4) is 0 Å². The van der Waals surface area contributed by atoms with Gasteiger partial charge in [0.15, 0.2) is 0 Å². The number of carbonyl (C=O) groups excluding carboxylic acids is 1. The number of amides is 1. The number of primary sulfonamides is 1. The summed E-state index contributed by atoms with van der Waals surface area (Å²) < 4.78 is 22.7. The highest BCUT2D eigenvalue weighted by molar-refractivity contribution is 7.89. The second-order valence-electron chi connectivity index (χ2n) is 4.68. The van der Waals surface area contributed by atoms with Crippen LogP contribution in [0.25, 0.3) is 0 Å². The van der Waals surface area contributed by atoms with E-state index < -0.39 is 31.4 Å². The molecule has 0 fully saturated rings. The Morgan fingerprint density at radius 1 is 1.43 bits per heavy atom. The molecule has 0 saturated carbocycles. The van der Waals surface area contributed by atoms with Gasteiger partial charge in [-0.1, -0.05) is 13.3 Å². The second-order valence-corrected chi connectivity index (χ2v) is 6.24. The van der Waals surface area contributed by atoms with Crippen molar-refractivity contribution in [3.8, 4) is 0 Å². The summed E-state index contributed by atoms with van der Waals surface area (Å²) in [4.78, 5) is 21.6. The minimum absolute atomic E-state index is 0.115. The van der Waals surface area contributed by atoms with Gasteiger partial charge in [0.2, 0.25) is 10.0 Å². The zero-order valence-electron chi connectivity index (χ0n) is 11.7. The van der Waals surface area contributed by atoms with Crippen molar-refractivity contribution >= 4 is 21.6 Å². The van der Waals surface area contributed by atoms with Crippen LogP contribution < -0.4 is 10.5 Å². The van der Waals surface area contributed by atoms with Gasteiger partial charge in [-0.25, -0.2) is 13.6 Å². The molecular weight excluding hydrogens is 298 g/mol. The van der Waals surface area contributed by atoms with Gasteiger partial charge < -0.3 is 5.32 Å². The number of nitrogens with two attached hydrogens (primary N) is 1. The second kappa shape index (κ2) is 6.64. The molecule has 1 aromatic rings. The van der Waals surface area contributed by atoms with Gasteiger partial charge in [0.05, 0.1) is 9.82 Å². The quantitative estimate of drug-likeness (QED) is 0.600. The minimum atomic E-state index is -4.14. The first-order valence-corrected chi connectivity index (χ1v) is 7.83. The van der Waals surface area contributed by atoms with Crippen molar-refractivity contribution in [3.05, 3.63) is 33.9 Å². The zero-order chi connectivity index (χ0) is 16.2. The highest BCUT2D eigenvalue weighted by atomic mass is 32.2. The number of nitro benzene ring substituents is 1. The van der Waals surface area contributed by atoms with Crippen molar-refractivity contribution in [2.45, 2.75) is 37.6 Å². The molecular formula is C12H17N3O5S. The van der Waals surface area contributed by atoms with E-state index in [1.165, 1.54) is 0 Å². The summed E-state index contributed by atoms with van der Waals surface area (Å²) in [7, 11) is -4.14. The summed E-state index contributed by atoms with van der Waals surface area (Å²) in [6.07, 6.45) is 1.60. The van der Waals surface area contributed by atoms with Crippen molar-refractivity contribution in [3.63, 3.8) is 0 Å². The fraction of sp³-hybridized carbons (Fsp3) is 0.417. The number of sulfonamides is 1. The monoisotopic (exact) mass is 315 g/mol. The molecule has 1 unspecified atom stereocenters. The van der Waals surface area contributed by atoms with E-state index in [1.807, 2.05) is 6.92 Å². The Hall–Kier alpha value is -2.00. The van der Waals surface area contributed by atoms with Gasteiger partial charge in [-0.05, 0) is 19.4 Å². The largest absolute Gasteiger partial charge is 0.350 e. The molecule has 9 heteroatoms. The van der Waals surface area contributed by atoms with Crippen LogP contribution in [0, 0.1) is 10.1 Å². The predicted octanol–water partition coefficient (Wildman–Crippen LogP) is 1.16. The minimum Gasteiger partial charge on any atom is -0.350 e. The van der Waals surface area contributed by atoms with Gasteiger partial charge in [-0.2, -0.15) is 0 Å². The van der Waals surface area contributed by atoms with E-state index >= 15 is 0 Å². The first-order valence-electron chi connectivity index (χ1n) is 6.28. The molecule has 1 rings (SSSR count). The van der Waals surface area contributed by atoms with Gasteiger partial charge in [0.1, 0.15) is 0 Å². The molecule has 1 aromatic carbocycles. The topological polar surface area (TPSA) is 132 Å². The lowest BCUT2D eigenvalue weighted by atomic mass is 10.1. The fourth-order valence-electron chi connectivity index (χ4n) is 1.80. The Labute approximate surface area is 122 Å². The van der Waals surface area contributed by atoms with Crippen LogP contribution in [-0.2, 0) is 10.0 Å². The van der Waals surface area contributed by atoms with E-state index in [2.05, 4.69) is 5.32 Å². The van der Waals surface area contributed by atoms with E-state index in [9.17, 15) is 23.3 Å². The van der Waals surface area contributed by atoms with E-state index in [0.29, 0.717) is 0 Å². The molecule has 116 valence electrons. The number of rotatable bonds is 6. The highest BCUT2D eigenvalue weighted by Crippen LogP contribution is 2.20. The van der Waals surface area contributed by atoms with E-state index in [0.717, 1.165) is 31.0 Å². The summed E-state index contributed by atoms with van der Waals surface area (Å²) >= 11 is 0. The van der Waals surface area contributed by atoms with Crippen molar-refractivity contribution in [2.24, 2.45) is 5.14 Å². The number of benzene rings is 1. The van der Waals surface area contributed by atoms with Gasteiger partial charge in [-0.15, -0.1) is 0 Å². The molecule has 21 heavy (non-hydrogen) atoms. The third-order valence-electron chi connectivity index (χ3n) is 2.79. The van der Waals surface area contributed by atoms with Crippen LogP contribution in [0.1, 0.15) is 37.0 Å². The number of hydrogen-bond acceptors (Lipinski definition) is 5. The predicted molar refractivity (Wildman–Crippen MR) is 76.3 cm³/mol. The number of nitro groups is 1. The number of hydrogen-bond donors (Lipinski definition) is 2. The van der Waals surface area contributed by atoms with Crippen molar-refractivity contribution < 1.29 is 18.1 Å². The molecule has 0 aliphatic heterocycles. The zero-order valence-corrected chi connectivity index (χ0v) is 12.5. The normalized spacial score (nSPS) is 12.7. The molecule has 1 amide bonds. The average molecular weight is 315 g/mol. The smallest absolute Gasteiger partial charge is 0.271 e. The van der Waals surface area contributed by atoms with Gasteiger partial charge in [0, 0.05) is 23.7 Å². The van der Waals surface area contributed by atoms with Crippen molar-refractivity contribution in [1.29, 1.82) is 0 Å². The summed E-state index contributed by atoms with van der Waals surface area (Å²) in [5.41, 5.74) is -0.619. The Morgan fingerprint density at radius 3 is 2.52 bits per heavy atom. The van der Waals surface area contributed by atoms with Crippen LogP contribution in [0.2, 0.25) is 0 Å². The van der Waals surface area contributed by atoms with Crippen molar-refractivity contribution in [1.82, 2.24) is 5.32 Å². The van der Waals surface area contributed by atoms with Crippen LogP contribution in [0.15, 0.2) is 23.1 Å². The third-order valence-corrected chi connectivity index (χ3v) is 3.68. The number of nitrogens with one attached hydrogen (secondary N) is 1. The molecule has 0 spiro atoms. The number of carbonyl (C=O) groups is 1. The Morgan fingerprint density at radius 2 is 2.05 bits per heavy atom. The summed E-state index contributed by atoms with van der Waals surface area (Å²) in [6.45, 7) is 3.74. The first-order chi connectivity index (χ1) is 9.65. The van der Waals surface area contributed by atoms with Crippen molar-refractivity contribution in [2.75, 3.05) is 0 Å². The highest BCUT2D eigenvalue weighted by Gasteiger charge is 2.20. The van der Waals surface area contributed by atoms with Crippen LogP contribution in [0.4, 0.5) is 5.69 Å². The molecule has 1 atom stereocenters. The van der Waals surface area contributed by atoms with Crippen LogP contribution >= 0.6 is 0 Å². The standard InChI is InChI=1S/C12H17N3O5S/c1-3-4-8(2)14-12(16)9-5-10(15(17)18)7-11(6-9)21(13,19)20/h5-8H,3-4H2,1-2H3,(H,14,16)(H2,13,19,20). The lowest BCUT2D eigenvalue weighted by molar-refractivity contribution is -0.385. The molecule has 8 nitrogen and oxygen atoms in total. The molecule has 0 aliphatic carbocycles. The summed E-state index contributed by atoms with van der Waals surface area (Å²) in [6, 6.07) is 2.74. The van der Waals surface area contributed by atoms with Gasteiger partial charge in [0.25, 0.3) is 11.6 Å². The lowest BCUT2D eigenvalue weighted by Gasteiger charge is -2.13. The number of non-ortho nitro benzene ring substituents is 1. The Kier molecular flexibility index (Phi) is 5.39. The molecule has 0 aliphatic rings. The van der Waals surface area contributed by atoms with Gasteiger partial charge >= 0.3 is 0 Å². The summed E-state index contributed by atoms with van der Waals surface area (Å²) in [5.74, 6) is -0.579. The van der Waals surface area contributed by atoms with E-state index in [4.69, 9.17) is 5.14 Å². The molecule has 0 aromatic heterocycles. The SMILES string of the molecule is CCCC(C)NC(=O)c1cc([N+](=O)[O-])cc(S(N)(=O)=O)c1.